The number of benzene rings is 2. The van der Waals surface area contributed by atoms with Crippen molar-refractivity contribution in [1.82, 2.24) is 5.32 Å². The lowest BCUT2D eigenvalue weighted by molar-refractivity contribution is -0.123. The topological polar surface area (TPSA) is 29.1 Å². The number of rotatable bonds is 5. The first-order valence-electron chi connectivity index (χ1n) is 10.7. The molecule has 2 aliphatic carbocycles. The Hall–Kier alpha value is -2.03. The molecule has 2 aliphatic rings. The molecule has 2 fully saturated rings. The van der Waals surface area contributed by atoms with Crippen molar-refractivity contribution in [1.29, 1.82) is 0 Å². The summed E-state index contributed by atoms with van der Waals surface area (Å²) in [6, 6.07) is 20.3. The van der Waals surface area contributed by atoms with E-state index < -0.39 is 0 Å². The van der Waals surface area contributed by atoms with Gasteiger partial charge in [0, 0.05) is 12.0 Å². The molecule has 0 atom stereocenters. The number of amides is 1. The first kappa shape index (κ1) is 18.3. The second-order valence-corrected chi connectivity index (χ2v) is 8.45. The molecule has 2 aromatic rings. The maximum absolute atomic E-state index is 12.0. The van der Waals surface area contributed by atoms with E-state index in [1.54, 1.807) is 0 Å². The summed E-state index contributed by atoms with van der Waals surface area (Å²) in [4.78, 5) is 12.0. The molecule has 2 saturated carbocycles. The molecule has 140 valence electrons. The summed E-state index contributed by atoms with van der Waals surface area (Å²) in [5.41, 5.74) is 4.29. The summed E-state index contributed by atoms with van der Waals surface area (Å²) in [5.74, 6) is 1.31. The molecule has 27 heavy (non-hydrogen) atoms. The Morgan fingerprint density at radius 3 is 2.22 bits per heavy atom. The van der Waals surface area contributed by atoms with Crippen LogP contribution in [0.2, 0.25) is 0 Å². The van der Waals surface area contributed by atoms with E-state index in [2.05, 4.69) is 59.9 Å². The molecule has 0 aromatic heterocycles. The second kappa shape index (κ2) is 8.78. The number of nitrogens with one attached hydrogen (secondary N) is 1. The maximum Gasteiger partial charge on any atom is 0.223 e. The van der Waals surface area contributed by atoms with Gasteiger partial charge in [-0.1, -0.05) is 78.4 Å². The van der Waals surface area contributed by atoms with Crippen molar-refractivity contribution in [2.24, 2.45) is 5.92 Å². The molecule has 0 aliphatic heterocycles. The molecule has 0 bridgehead atoms. The number of carbonyl (C=O) groups excluding carboxylic acids is 1. The molecule has 2 nitrogen and oxygen atoms in total. The monoisotopic (exact) mass is 359 g/mol. The van der Waals surface area contributed by atoms with Gasteiger partial charge < -0.3 is 5.32 Å². The molecule has 1 amide bonds. The van der Waals surface area contributed by atoms with Crippen LogP contribution in [0.15, 0.2) is 54.6 Å². The highest BCUT2D eigenvalue weighted by Gasteiger charge is 2.31. The summed E-state index contributed by atoms with van der Waals surface area (Å²) in [5, 5.41) is 3.30. The Morgan fingerprint density at radius 1 is 0.815 bits per heavy atom. The van der Waals surface area contributed by atoms with E-state index >= 15 is 0 Å². The summed E-state index contributed by atoms with van der Waals surface area (Å²) in [6.45, 7) is 0. The average molecular weight is 359 g/mol. The van der Waals surface area contributed by atoms with Gasteiger partial charge in [0.05, 0.1) is 0 Å². The molecule has 0 radical (unpaired) electrons. The summed E-state index contributed by atoms with van der Waals surface area (Å²) in [7, 11) is 1.01. The Kier molecular flexibility index (Phi) is 5.96. The number of carbonyl (C=O) groups is 1. The quantitative estimate of drug-likeness (QED) is 0.815. The van der Waals surface area contributed by atoms with Gasteiger partial charge in [-0.3, -0.25) is 4.79 Å². The zero-order valence-electron chi connectivity index (χ0n) is 16.2. The minimum absolute atomic E-state index is 0.311. The number of hydrogen-bond acceptors (Lipinski definition) is 1. The fourth-order valence-electron chi connectivity index (χ4n) is 4.44. The summed E-state index contributed by atoms with van der Waals surface area (Å²) >= 11 is 0. The van der Waals surface area contributed by atoms with Crippen molar-refractivity contribution in [3.8, 4) is 0 Å². The minimum Gasteiger partial charge on any atom is -0.353 e. The van der Waals surface area contributed by atoms with Gasteiger partial charge in [-0.25, -0.2) is 0 Å². The predicted octanol–water partition coefficient (Wildman–Crippen LogP) is 3.41. The molecule has 0 heterocycles. The lowest BCUT2D eigenvalue weighted by Crippen LogP contribution is -2.36. The highest BCUT2D eigenvalue weighted by atomic mass is 16.2. The van der Waals surface area contributed by atoms with Crippen LogP contribution >= 0.6 is 0 Å². The fraction of sp³-hybridized carbons (Fsp3) is 0.458. The Balaban J connectivity index is 1.33. The highest BCUT2D eigenvalue weighted by molar-refractivity contribution is 6.67. The molecule has 3 heteroatoms. The van der Waals surface area contributed by atoms with Crippen molar-refractivity contribution in [2.45, 2.75) is 63.3 Å². The lowest BCUT2D eigenvalue weighted by Gasteiger charge is -2.26. The van der Waals surface area contributed by atoms with Crippen molar-refractivity contribution < 1.29 is 4.79 Å². The van der Waals surface area contributed by atoms with Crippen molar-refractivity contribution in [2.75, 3.05) is 0 Å². The van der Waals surface area contributed by atoms with Crippen LogP contribution in [0.5, 0.6) is 0 Å². The van der Waals surface area contributed by atoms with Gasteiger partial charge in [-0.05, 0) is 50.0 Å². The normalized spacial score (nSPS) is 23.1. The molecule has 0 unspecified atom stereocenters. The first-order valence-corrected chi connectivity index (χ1v) is 10.7. The summed E-state index contributed by atoms with van der Waals surface area (Å²) < 4.78 is 0. The molecule has 1 N–H and O–H groups in total. The largest absolute Gasteiger partial charge is 0.353 e. The van der Waals surface area contributed by atoms with E-state index in [0.29, 0.717) is 23.8 Å². The molecular formula is C24H30BNO. The molecular weight excluding hydrogens is 329 g/mol. The predicted molar refractivity (Wildman–Crippen MR) is 114 cm³/mol. The van der Waals surface area contributed by atoms with Crippen LogP contribution in [-0.4, -0.2) is 19.2 Å². The van der Waals surface area contributed by atoms with E-state index in [4.69, 9.17) is 0 Å². The van der Waals surface area contributed by atoms with E-state index in [0.717, 1.165) is 33.0 Å². The highest BCUT2D eigenvalue weighted by Crippen LogP contribution is 2.32. The third-order valence-electron chi connectivity index (χ3n) is 6.18. The van der Waals surface area contributed by atoms with Crippen LogP contribution in [0.1, 0.15) is 62.8 Å². The third kappa shape index (κ3) is 5.25. The lowest BCUT2D eigenvalue weighted by atomic mass is 9.63. The maximum atomic E-state index is 12.0. The Morgan fingerprint density at radius 2 is 1.52 bits per heavy atom. The van der Waals surface area contributed by atoms with Crippen LogP contribution < -0.4 is 16.2 Å². The average Bonchev–Trinajstić information content (AvgIpc) is 3.50. The van der Waals surface area contributed by atoms with Gasteiger partial charge >= 0.3 is 0 Å². The summed E-state index contributed by atoms with van der Waals surface area (Å²) in [6.07, 6.45) is 9.37. The van der Waals surface area contributed by atoms with Crippen LogP contribution in [0.3, 0.4) is 0 Å². The van der Waals surface area contributed by atoms with Gasteiger partial charge in [-0.2, -0.15) is 0 Å². The van der Waals surface area contributed by atoms with Crippen LogP contribution in [-0.2, 0) is 4.79 Å². The second-order valence-electron chi connectivity index (χ2n) is 8.45. The van der Waals surface area contributed by atoms with Crippen LogP contribution in [0, 0.1) is 5.92 Å². The minimum atomic E-state index is 0.311. The molecule has 4 rings (SSSR count). The zero-order valence-corrected chi connectivity index (χ0v) is 16.2. The SMILES string of the molecule is O=C(NC1CCCC(c2cccc(Bc3ccccc3)c2)CCC1)C1CC1. The van der Waals surface area contributed by atoms with E-state index in [1.807, 2.05) is 0 Å². The smallest absolute Gasteiger partial charge is 0.223 e. The van der Waals surface area contributed by atoms with Crippen LogP contribution in [0.4, 0.5) is 0 Å². The van der Waals surface area contributed by atoms with Crippen molar-refractivity contribution >= 4 is 24.1 Å². The van der Waals surface area contributed by atoms with Gasteiger partial charge in [0.2, 0.25) is 5.91 Å². The first-order chi connectivity index (χ1) is 13.3. The standard InChI is InChI=1S/C24H30BNO/c27-24(19-15-16-19)26-23-13-5-7-18(8-6-14-23)20-9-4-12-22(17-20)25-21-10-2-1-3-11-21/h1-4,9-12,17-19,23,25H,5-8,13-16H2,(H,26,27). The van der Waals surface area contributed by atoms with Gasteiger partial charge in [0.15, 0.2) is 7.28 Å². The Labute approximate surface area is 164 Å². The van der Waals surface area contributed by atoms with Gasteiger partial charge in [0.1, 0.15) is 0 Å². The van der Waals surface area contributed by atoms with Crippen LogP contribution in [0.25, 0.3) is 0 Å². The van der Waals surface area contributed by atoms with E-state index in [9.17, 15) is 4.79 Å². The van der Waals surface area contributed by atoms with Crippen molar-refractivity contribution in [3.05, 3.63) is 60.2 Å². The number of hydrogen-bond donors (Lipinski definition) is 1. The molecule has 0 saturated heterocycles. The zero-order chi connectivity index (χ0) is 18.5. The van der Waals surface area contributed by atoms with E-state index in [1.165, 1.54) is 42.2 Å². The molecule has 2 aromatic carbocycles. The Bertz CT molecular complexity index is 746. The van der Waals surface area contributed by atoms with Gasteiger partial charge in [0.25, 0.3) is 0 Å². The molecule has 0 spiro atoms. The van der Waals surface area contributed by atoms with E-state index in [-0.39, 0.29) is 0 Å². The third-order valence-corrected chi connectivity index (χ3v) is 6.18. The van der Waals surface area contributed by atoms with Gasteiger partial charge in [-0.15, -0.1) is 0 Å². The van der Waals surface area contributed by atoms with Crippen molar-refractivity contribution in [3.63, 3.8) is 0 Å². The fourth-order valence-corrected chi connectivity index (χ4v) is 4.44.